The van der Waals surface area contributed by atoms with Gasteiger partial charge < -0.3 is 10.8 Å². The lowest BCUT2D eigenvalue weighted by atomic mass is 10.0. The van der Waals surface area contributed by atoms with Gasteiger partial charge in [-0.25, -0.2) is 0 Å². The van der Waals surface area contributed by atoms with Crippen LogP contribution in [0.2, 0.25) is 0 Å². The molecule has 0 aliphatic carbocycles. The van der Waals surface area contributed by atoms with Crippen molar-refractivity contribution < 1.29 is 9.90 Å². The maximum absolute atomic E-state index is 10.6. The molecule has 0 aliphatic rings. The van der Waals surface area contributed by atoms with E-state index in [1.165, 1.54) is 57.8 Å². The number of hydrogen-bond donors (Lipinski definition) is 2. The summed E-state index contributed by atoms with van der Waals surface area (Å²) in [6, 6.07) is 0. The van der Waals surface area contributed by atoms with E-state index in [9.17, 15) is 9.90 Å². The second-order valence-corrected chi connectivity index (χ2v) is 6.34. The molecule has 0 radical (unpaired) electrons. The molecule has 0 saturated heterocycles. The van der Waals surface area contributed by atoms with E-state index in [4.69, 9.17) is 5.73 Å². The van der Waals surface area contributed by atoms with Crippen LogP contribution in [0.15, 0.2) is 0 Å². The van der Waals surface area contributed by atoms with E-state index in [2.05, 4.69) is 6.92 Å². The average Bonchev–Trinajstić information content (AvgIpc) is 2.45. The Balaban J connectivity index is 3.15. The molecular weight excluding hydrogens is 262 g/mol. The lowest BCUT2D eigenvalue weighted by Gasteiger charge is -2.10. The zero-order valence-electron chi connectivity index (χ0n) is 14.1. The van der Waals surface area contributed by atoms with Crippen molar-refractivity contribution in [3.8, 4) is 0 Å². The zero-order chi connectivity index (χ0) is 15.8. The summed E-state index contributed by atoms with van der Waals surface area (Å²) < 4.78 is 0. The van der Waals surface area contributed by atoms with Crippen LogP contribution in [0.3, 0.4) is 0 Å². The monoisotopic (exact) mass is 299 g/mol. The largest absolute Gasteiger partial charge is 0.393 e. The molecule has 1 atom stereocenters. The molecule has 0 aliphatic heterocycles. The van der Waals surface area contributed by atoms with Gasteiger partial charge in [-0.2, -0.15) is 0 Å². The highest BCUT2D eigenvalue weighted by molar-refractivity contribution is 5.73. The highest BCUT2D eigenvalue weighted by Gasteiger charge is 2.03. The average molecular weight is 299 g/mol. The Labute approximate surface area is 131 Å². The molecule has 0 aromatic heterocycles. The molecule has 3 nitrogen and oxygen atoms in total. The highest BCUT2D eigenvalue weighted by atomic mass is 16.3. The molecule has 126 valence electrons. The molecule has 0 rings (SSSR count). The van der Waals surface area contributed by atoms with Crippen LogP contribution in [-0.2, 0) is 4.79 Å². The molecule has 1 unspecified atom stereocenters. The zero-order valence-corrected chi connectivity index (χ0v) is 14.1. The lowest BCUT2D eigenvalue weighted by Crippen LogP contribution is -2.09. The van der Waals surface area contributed by atoms with Gasteiger partial charge in [-0.05, 0) is 19.3 Å². The Bertz CT molecular complexity index is 231. The second kappa shape index (κ2) is 15.8. The van der Waals surface area contributed by atoms with Crippen molar-refractivity contribution in [3.05, 3.63) is 0 Å². The van der Waals surface area contributed by atoms with Crippen molar-refractivity contribution >= 4 is 5.91 Å². The Morgan fingerprint density at radius 2 is 1.24 bits per heavy atom. The first-order chi connectivity index (χ1) is 10.2. The van der Waals surface area contributed by atoms with Crippen molar-refractivity contribution in [3.63, 3.8) is 0 Å². The Hall–Kier alpha value is -0.570. The van der Waals surface area contributed by atoms with Gasteiger partial charge in [0.15, 0.2) is 0 Å². The van der Waals surface area contributed by atoms with Crippen LogP contribution in [0.1, 0.15) is 103 Å². The summed E-state index contributed by atoms with van der Waals surface area (Å²) in [4.78, 5) is 10.6. The Morgan fingerprint density at radius 3 is 1.71 bits per heavy atom. The minimum absolute atomic E-state index is 0.0916. The molecule has 3 N–H and O–H groups in total. The maximum Gasteiger partial charge on any atom is 0.217 e. The number of aliphatic hydroxyl groups excluding tert-OH is 1. The van der Waals surface area contributed by atoms with E-state index in [1.807, 2.05) is 0 Å². The summed E-state index contributed by atoms with van der Waals surface area (Å²) in [5, 5.41) is 9.90. The molecule has 3 heteroatoms. The van der Waals surface area contributed by atoms with Gasteiger partial charge in [0.05, 0.1) is 6.10 Å². The minimum Gasteiger partial charge on any atom is -0.393 e. The van der Waals surface area contributed by atoms with Crippen LogP contribution in [0.5, 0.6) is 0 Å². The quantitative estimate of drug-likeness (QED) is 0.406. The van der Waals surface area contributed by atoms with E-state index in [0.717, 1.165) is 32.1 Å². The van der Waals surface area contributed by atoms with Gasteiger partial charge in [-0.15, -0.1) is 0 Å². The van der Waals surface area contributed by atoms with Crippen LogP contribution in [-0.4, -0.2) is 17.1 Å². The van der Waals surface area contributed by atoms with Crippen LogP contribution < -0.4 is 5.73 Å². The van der Waals surface area contributed by atoms with Gasteiger partial charge >= 0.3 is 0 Å². The molecule has 0 aromatic carbocycles. The van der Waals surface area contributed by atoms with Crippen molar-refractivity contribution in [1.29, 1.82) is 0 Å². The predicted molar refractivity (Wildman–Crippen MR) is 90.1 cm³/mol. The molecule has 0 bridgehead atoms. The summed E-state index contributed by atoms with van der Waals surface area (Å²) in [6.45, 7) is 2.24. The van der Waals surface area contributed by atoms with Gasteiger partial charge in [-0.3, -0.25) is 4.79 Å². The number of rotatable bonds is 16. The summed E-state index contributed by atoms with van der Waals surface area (Å²) in [5.41, 5.74) is 5.10. The van der Waals surface area contributed by atoms with Crippen molar-refractivity contribution in [2.75, 3.05) is 0 Å². The highest BCUT2D eigenvalue weighted by Crippen LogP contribution is 2.14. The number of primary amides is 1. The van der Waals surface area contributed by atoms with E-state index >= 15 is 0 Å². The number of carbonyl (C=O) groups is 1. The first-order valence-electron chi connectivity index (χ1n) is 9.13. The Kier molecular flexibility index (Phi) is 15.4. The predicted octanol–water partition coefficient (Wildman–Crippen LogP) is 4.70. The van der Waals surface area contributed by atoms with Gasteiger partial charge in [-0.1, -0.05) is 77.6 Å². The minimum atomic E-state index is -0.187. The van der Waals surface area contributed by atoms with Gasteiger partial charge in [0.1, 0.15) is 0 Å². The summed E-state index contributed by atoms with van der Waals surface area (Å²) in [7, 11) is 0. The van der Waals surface area contributed by atoms with E-state index in [0.29, 0.717) is 6.42 Å². The lowest BCUT2D eigenvalue weighted by molar-refractivity contribution is -0.118. The molecule has 0 saturated carbocycles. The SMILES string of the molecule is CCCCCCCCC(O)CCCCCCCCC(N)=O. The normalized spacial score (nSPS) is 12.5. The second-order valence-electron chi connectivity index (χ2n) is 6.34. The van der Waals surface area contributed by atoms with Crippen molar-refractivity contribution in [1.82, 2.24) is 0 Å². The van der Waals surface area contributed by atoms with Gasteiger partial charge in [0, 0.05) is 6.42 Å². The van der Waals surface area contributed by atoms with E-state index in [-0.39, 0.29) is 12.0 Å². The van der Waals surface area contributed by atoms with Gasteiger partial charge in [0.2, 0.25) is 5.91 Å². The van der Waals surface area contributed by atoms with Crippen LogP contribution in [0.4, 0.5) is 0 Å². The molecule has 0 aromatic rings. The molecular formula is C18H37NO2. The summed E-state index contributed by atoms with van der Waals surface area (Å²) >= 11 is 0. The van der Waals surface area contributed by atoms with Crippen molar-refractivity contribution in [2.45, 2.75) is 109 Å². The fraction of sp³-hybridized carbons (Fsp3) is 0.944. The molecule has 0 heterocycles. The molecule has 21 heavy (non-hydrogen) atoms. The third-order valence-corrected chi connectivity index (χ3v) is 4.10. The summed E-state index contributed by atoms with van der Waals surface area (Å²) in [5.74, 6) is -0.187. The van der Waals surface area contributed by atoms with Crippen LogP contribution in [0, 0.1) is 0 Å². The number of nitrogens with two attached hydrogens (primary N) is 1. The third kappa shape index (κ3) is 17.4. The number of hydrogen-bond acceptors (Lipinski definition) is 2. The third-order valence-electron chi connectivity index (χ3n) is 4.10. The number of aliphatic hydroxyl groups is 1. The molecule has 0 fully saturated rings. The van der Waals surface area contributed by atoms with Crippen molar-refractivity contribution in [2.24, 2.45) is 5.73 Å². The summed E-state index contributed by atoms with van der Waals surface area (Å²) in [6.07, 6.45) is 16.9. The Morgan fingerprint density at radius 1 is 0.810 bits per heavy atom. The number of amides is 1. The smallest absolute Gasteiger partial charge is 0.217 e. The maximum atomic E-state index is 10.6. The van der Waals surface area contributed by atoms with Gasteiger partial charge in [0.25, 0.3) is 0 Å². The first-order valence-corrected chi connectivity index (χ1v) is 9.13. The number of carbonyl (C=O) groups excluding carboxylic acids is 1. The fourth-order valence-electron chi connectivity index (χ4n) is 2.69. The molecule has 0 spiro atoms. The molecule has 1 amide bonds. The van der Waals surface area contributed by atoms with Crippen LogP contribution in [0.25, 0.3) is 0 Å². The number of unbranched alkanes of at least 4 members (excludes halogenated alkanes) is 10. The first kappa shape index (κ1) is 20.4. The van der Waals surface area contributed by atoms with E-state index < -0.39 is 0 Å². The topological polar surface area (TPSA) is 63.3 Å². The standard InChI is InChI=1S/C18H37NO2/c1-2-3-4-5-8-11-14-17(20)15-12-9-6-7-10-13-16-18(19)21/h17,20H,2-16H2,1H3,(H2,19,21). The fourth-order valence-corrected chi connectivity index (χ4v) is 2.69. The van der Waals surface area contributed by atoms with E-state index in [1.54, 1.807) is 0 Å². The van der Waals surface area contributed by atoms with Crippen LogP contribution >= 0.6 is 0 Å².